The summed E-state index contributed by atoms with van der Waals surface area (Å²) in [5, 5.41) is 0. The molecule has 2 unspecified atom stereocenters. The van der Waals surface area contributed by atoms with Crippen molar-refractivity contribution < 1.29 is 0 Å². The number of hydrogen-bond acceptors (Lipinski definition) is 1. The highest BCUT2D eigenvalue weighted by Crippen LogP contribution is 2.24. The zero-order valence-electron chi connectivity index (χ0n) is 12.0. The summed E-state index contributed by atoms with van der Waals surface area (Å²) < 4.78 is 0. The molecule has 1 rings (SSSR count). The van der Waals surface area contributed by atoms with Gasteiger partial charge in [0.25, 0.3) is 0 Å². The third kappa shape index (κ3) is 7.57. The molecule has 0 radical (unpaired) electrons. The van der Waals surface area contributed by atoms with Gasteiger partial charge in [0.05, 0.1) is 0 Å². The second-order valence-electron chi connectivity index (χ2n) is 5.84. The van der Waals surface area contributed by atoms with Crippen LogP contribution in [0.5, 0.6) is 0 Å². The van der Waals surface area contributed by atoms with Gasteiger partial charge in [-0.2, -0.15) is 0 Å². The van der Waals surface area contributed by atoms with Crippen molar-refractivity contribution in [1.82, 2.24) is 0 Å². The van der Waals surface area contributed by atoms with Crippen LogP contribution in [0.3, 0.4) is 0 Å². The fourth-order valence-corrected chi connectivity index (χ4v) is 2.91. The van der Waals surface area contributed by atoms with Crippen LogP contribution in [0, 0.1) is 11.8 Å². The summed E-state index contributed by atoms with van der Waals surface area (Å²) in [6, 6.07) is 0. The van der Waals surface area contributed by atoms with E-state index in [1.807, 2.05) is 0 Å². The molecule has 0 amide bonds. The van der Waals surface area contributed by atoms with E-state index in [9.17, 15) is 0 Å². The summed E-state index contributed by atoms with van der Waals surface area (Å²) in [7, 11) is 0. The van der Waals surface area contributed by atoms with Gasteiger partial charge in [-0.15, -0.1) is 0 Å². The summed E-state index contributed by atoms with van der Waals surface area (Å²) in [5.41, 5.74) is 0. The molecule has 0 aromatic rings. The molecule has 1 nitrogen and oxygen atoms in total. The Morgan fingerprint density at radius 2 is 1.88 bits per heavy atom. The first-order valence-electron chi connectivity index (χ1n) is 7.81. The lowest BCUT2D eigenvalue weighted by atomic mass is 9.87. The van der Waals surface area contributed by atoms with E-state index in [1.54, 1.807) is 0 Å². The first-order chi connectivity index (χ1) is 8.33. The largest absolute Gasteiger partial charge is 0.298 e. The Kier molecular flexibility index (Phi) is 8.38. The minimum absolute atomic E-state index is 0.936. The fourth-order valence-electron chi connectivity index (χ4n) is 2.91. The van der Waals surface area contributed by atoms with Crippen LogP contribution in [-0.2, 0) is 0 Å². The highest BCUT2D eigenvalue weighted by molar-refractivity contribution is 5.56. The quantitative estimate of drug-likeness (QED) is 0.591. The van der Waals surface area contributed by atoms with Crippen LogP contribution in [0.1, 0.15) is 78.1 Å². The van der Waals surface area contributed by atoms with E-state index in [2.05, 4.69) is 25.1 Å². The average Bonchev–Trinajstić information content (AvgIpc) is 2.33. The van der Waals surface area contributed by atoms with Gasteiger partial charge in [-0.25, -0.2) is 0 Å². The van der Waals surface area contributed by atoms with Crippen molar-refractivity contribution in [2.75, 3.05) is 6.54 Å². The van der Waals surface area contributed by atoms with Crippen LogP contribution < -0.4 is 0 Å². The molecular formula is C16H31N. The summed E-state index contributed by atoms with van der Waals surface area (Å²) in [4.78, 5) is 4.52. The zero-order chi connectivity index (χ0) is 12.3. The van der Waals surface area contributed by atoms with Crippen LogP contribution in [0.25, 0.3) is 0 Å². The van der Waals surface area contributed by atoms with Crippen molar-refractivity contribution in [3.05, 3.63) is 0 Å². The van der Waals surface area contributed by atoms with Gasteiger partial charge < -0.3 is 0 Å². The molecule has 0 aliphatic carbocycles. The predicted octanol–water partition coefficient (Wildman–Crippen LogP) is 5.24. The molecule has 2 atom stereocenters. The Labute approximate surface area is 108 Å². The molecule has 0 saturated carbocycles. The Hall–Kier alpha value is -0.330. The second-order valence-corrected chi connectivity index (χ2v) is 5.84. The maximum Gasteiger partial charge on any atom is 0.0385 e. The van der Waals surface area contributed by atoms with Gasteiger partial charge in [-0.1, -0.05) is 46.0 Å². The number of aliphatic imine (C=N–C) groups is 1. The Bertz CT molecular complexity index is 198. The molecule has 1 heteroatoms. The molecule has 17 heavy (non-hydrogen) atoms. The lowest BCUT2D eigenvalue weighted by Gasteiger charge is -2.19. The summed E-state index contributed by atoms with van der Waals surface area (Å²) in [5.74, 6) is 1.88. The van der Waals surface area contributed by atoms with E-state index in [1.165, 1.54) is 64.2 Å². The van der Waals surface area contributed by atoms with Crippen LogP contribution >= 0.6 is 0 Å². The fraction of sp³-hybridized carbons (Fsp3) is 0.938. The molecule has 0 saturated heterocycles. The Morgan fingerprint density at radius 3 is 2.71 bits per heavy atom. The predicted molar refractivity (Wildman–Crippen MR) is 77.9 cm³/mol. The van der Waals surface area contributed by atoms with Crippen molar-refractivity contribution in [3.8, 4) is 0 Å². The first-order valence-corrected chi connectivity index (χ1v) is 7.81. The maximum absolute atomic E-state index is 4.52. The molecule has 1 aliphatic heterocycles. The highest BCUT2D eigenvalue weighted by Gasteiger charge is 2.11. The molecule has 1 heterocycles. The van der Waals surface area contributed by atoms with Gasteiger partial charge in [-0.3, -0.25) is 4.99 Å². The summed E-state index contributed by atoms with van der Waals surface area (Å²) >= 11 is 0. The zero-order valence-corrected chi connectivity index (χ0v) is 12.0. The van der Waals surface area contributed by atoms with E-state index < -0.39 is 0 Å². The molecule has 0 aromatic heterocycles. The number of hydrogen-bond donors (Lipinski definition) is 0. The van der Waals surface area contributed by atoms with Crippen LogP contribution in [0.4, 0.5) is 0 Å². The molecule has 0 aromatic carbocycles. The minimum Gasteiger partial charge on any atom is -0.298 e. The normalized spacial score (nSPS) is 29.8. The maximum atomic E-state index is 4.52. The van der Waals surface area contributed by atoms with Gasteiger partial charge in [0, 0.05) is 6.54 Å². The van der Waals surface area contributed by atoms with Gasteiger partial charge in [0.15, 0.2) is 0 Å². The average molecular weight is 237 g/mol. The third-order valence-corrected chi connectivity index (χ3v) is 4.12. The first kappa shape index (κ1) is 14.7. The SMILES string of the molecule is CCC1CCCN=CCCCCCCC(C)C1. The van der Waals surface area contributed by atoms with Gasteiger partial charge in [-0.05, 0) is 50.2 Å². The van der Waals surface area contributed by atoms with Crippen molar-refractivity contribution in [2.45, 2.75) is 78.1 Å². The number of nitrogens with zero attached hydrogens (tertiary/aromatic N) is 1. The van der Waals surface area contributed by atoms with E-state index in [0.29, 0.717) is 0 Å². The standard InChI is InChI=1S/C16H31N/c1-3-16-11-9-13-17-12-8-6-4-5-7-10-15(2)14-16/h12,15-16H,3-11,13-14H2,1-2H3. The van der Waals surface area contributed by atoms with E-state index in [0.717, 1.165) is 18.4 Å². The minimum atomic E-state index is 0.936. The van der Waals surface area contributed by atoms with E-state index >= 15 is 0 Å². The summed E-state index contributed by atoms with van der Waals surface area (Å²) in [6.45, 7) is 5.86. The Morgan fingerprint density at radius 1 is 1.06 bits per heavy atom. The number of rotatable bonds is 1. The van der Waals surface area contributed by atoms with Gasteiger partial charge in [0.2, 0.25) is 0 Å². The third-order valence-electron chi connectivity index (χ3n) is 4.12. The van der Waals surface area contributed by atoms with Gasteiger partial charge >= 0.3 is 0 Å². The van der Waals surface area contributed by atoms with E-state index in [-0.39, 0.29) is 0 Å². The summed E-state index contributed by atoms with van der Waals surface area (Å²) in [6.07, 6.45) is 15.9. The lowest BCUT2D eigenvalue weighted by Crippen LogP contribution is -2.07. The smallest absolute Gasteiger partial charge is 0.0385 e. The molecular weight excluding hydrogens is 206 g/mol. The van der Waals surface area contributed by atoms with Crippen molar-refractivity contribution in [2.24, 2.45) is 16.8 Å². The van der Waals surface area contributed by atoms with E-state index in [4.69, 9.17) is 0 Å². The molecule has 0 fully saturated rings. The van der Waals surface area contributed by atoms with Crippen molar-refractivity contribution >= 4 is 6.21 Å². The topological polar surface area (TPSA) is 12.4 Å². The van der Waals surface area contributed by atoms with Crippen LogP contribution in [-0.4, -0.2) is 12.8 Å². The van der Waals surface area contributed by atoms with Crippen LogP contribution in [0.2, 0.25) is 0 Å². The molecule has 1 aliphatic rings. The molecule has 0 N–H and O–H groups in total. The lowest BCUT2D eigenvalue weighted by molar-refractivity contribution is 0.335. The van der Waals surface area contributed by atoms with Crippen LogP contribution in [0.15, 0.2) is 4.99 Å². The second kappa shape index (κ2) is 9.67. The molecule has 0 bridgehead atoms. The Balaban J connectivity index is 2.35. The monoisotopic (exact) mass is 237 g/mol. The van der Waals surface area contributed by atoms with Crippen molar-refractivity contribution in [1.29, 1.82) is 0 Å². The van der Waals surface area contributed by atoms with Gasteiger partial charge in [0.1, 0.15) is 0 Å². The molecule has 100 valence electrons. The highest BCUT2D eigenvalue weighted by atomic mass is 14.7. The van der Waals surface area contributed by atoms with Crippen molar-refractivity contribution in [3.63, 3.8) is 0 Å². The molecule has 0 spiro atoms.